The summed E-state index contributed by atoms with van der Waals surface area (Å²) < 4.78 is 14.2. The van der Waals surface area contributed by atoms with Crippen LogP contribution in [0.5, 0.6) is 0 Å². The zero-order valence-corrected chi connectivity index (χ0v) is 70.5. The minimum absolute atomic E-state index is 0. The number of aromatic nitrogens is 16. The molecular formula is C85H108B3Cl3N22O5. The molecule has 0 unspecified atom stereocenters. The number of hydrogen-bond acceptors (Lipinski definition) is 23. The predicted molar refractivity (Wildman–Crippen MR) is 489 cm³/mol. The van der Waals surface area contributed by atoms with Gasteiger partial charge in [-0.15, -0.1) is 0 Å². The van der Waals surface area contributed by atoms with Gasteiger partial charge in [-0.25, -0.2) is 34.9 Å². The number of hydrogen-bond donors (Lipinski definition) is 3. The molecule has 0 saturated carbocycles. The van der Waals surface area contributed by atoms with Crippen LogP contribution in [0.4, 0.5) is 63.3 Å². The maximum atomic E-state index is 11.8. The number of nitrogens with zero attached hydrogens (tertiary/aromatic N) is 19. The van der Waals surface area contributed by atoms with E-state index in [1.54, 1.807) is 43.7 Å². The molecule has 0 amide bonds. The van der Waals surface area contributed by atoms with Crippen molar-refractivity contribution in [2.45, 2.75) is 147 Å². The van der Waals surface area contributed by atoms with Crippen molar-refractivity contribution >= 4 is 177 Å². The summed E-state index contributed by atoms with van der Waals surface area (Å²) in [6, 6.07) is 32.3. The van der Waals surface area contributed by atoms with Gasteiger partial charge in [-0.3, -0.25) is 19.4 Å². The molecule has 0 fully saturated rings. The van der Waals surface area contributed by atoms with Crippen LogP contribution in [0.1, 0.15) is 132 Å². The van der Waals surface area contributed by atoms with E-state index in [2.05, 4.69) is 165 Å². The molecule has 0 aliphatic rings. The Labute approximate surface area is 711 Å². The molecule has 118 heavy (non-hydrogen) atoms. The average molecular weight is 1660 g/mol. The van der Waals surface area contributed by atoms with Crippen molar-refractivity contribution in [2.24, 2.45) is 7.05 Å². The number of halogens is 3. The third-order valence-corrected chi connectivity index (χ3v) is 19.5. The van der Waals surface area contributed by atoms with Crippen molar-refractivity contribution in [2.75, 3.05) is 65.3 Å². The number of fused-ring (bicyclic) bond motifs is 4. The molecule has 0 aliphatic heterocycles. The van der Waals surface area contributed by atoms with Crippen LogP contribution in [-0.4, -0.2) is 149 Å². The summed E-state index contributed by atoms with van der Waals surface area (Å²) >= 11 is 17.6. The first-order chi connectivity index (χ1) is 53.6. The largest absolute Gasteiger partial charge is 0.399 e. The molecule has 4 radical (unpaired) electrons. The summed E-state index contributed by atoms with van der Waals surface area (Å²) in [5.74, 6) is 3.28. The SMILES string of the molecule is C.C.C.C.CC(=O)n1nc(C)c2cc(C)c(N(C)c3ccnc(Cl)n3)cc21.CC(=O)n1nc(C)c2cc(C)c(N(C)c3ccnc(Cl)n3)cc21.C[B]OOCB=O.Cc1cc(C)c(N)cc1C.Cc1cc(C)c(Nc2nccc(N(C)c3cc4c(cc3C)c(C)nn4C)n2)cc1C.Cc1cc2c(C)[nH]nc2cc1N(C)c1ccnc(Cl)n1.[B]. The smallest absolute Gasteiger partial charge is 0.229 e. The number of carbonyl (C=O) groups excluding carboxylic acids is 2. The molecule has 0 aliphatic carbocycles. The molecule has 618 valence electrons. The molecule has 0 bridgehead atoms. The van der Waals surface area contributed by atoms with Crippen LogP contribution >= 0.6 is 34.8 Å². The summed E-state index contributed by atoms with van der Waals surface area (Å²) in [6.07, 6.45) is 6.66. The van der Waals surface area contributed by atoms with E-state index >= 15 is 0 Å². The number of nitrogen functional groups attached to an aromatic ring is 1. The van der Waals surface area contributed by atoms with E-state index in [4.69, 9.17) is 45.5 Å². The van der Waals surface area contributed by atoms with Crippen molar-refractivity contribution in [3.63, 3.8) is 0 Å². The number of rotatable bonds is 14. The van der Waals surface area contributed by atoms with Crippen LogP contribution in [0.25, 0.3) is 43.6 Å². The van der Waals surface area contributed by atoms with Crippen molar-refractivity contribution in [1.29, 1.82) is 0 Å². The van der Waals surface area contributed by atoms with Crippen molar-refractivity contribution in [3.05, 3.63) is 216 Å². The average Bonchev–Trinajstić information content (AvgIpc) is 1.60. The van der Waals surface area contributed by atoms with Crippen LogP contribution in [0.15, 0.2) is 122 Å². The Morgan fingerprint density at radius 3 is 1.25 bits per heavy atom. The van der Waals surface area contributed by atoms with Gasteiger partial charge in [-0.2, -0.15) is 34.7 Å². The molecule has 33 heteroatoms. The van der Waals surface area contributed by atoms with E-state index < -0.39 is 0 Å². The topological polar surface area (TPSA) is 306 Å². The first kappa shape index (κ1) is 98.8. The second-order valence-electron chi connectivity index (χ2n) is 27.2. The standard InChI is InChI=1S/C24H28N6.2C16H16ClN5O.C14H14ClN5.C9H13N.C2H5B2O3.4CH4.B/c1-14-10-16(3)20(12-15(14)2)26-24-25-9-8-23(27-24)29(6)21-13-22-19(11-17(21)4)18(5)28-30(22)7;2*1-9-7-12-10(2)20-22(11(3)23)14(12)8-13(9)21(4)15-5-6-18-16(17)19-15;1-8-6-10-9(2)18-19-11(10)7-12(8)20(3)13-4-5-16-14(15)17-13;1-6-4-8(3)9(10)5-7(6)2;1-3-7-6-2-4-5;;;;;/h8-13H,1-7H3,(H,25,26,27);2*5-8H,1-4H3;4-7H,1-3H3,(H,18,19);4-5H,10H2,1-3H3;2H2,1H3;4*1H4;. The number of nitrogens with one attached hydrogen (secondary N) is 2. The van der Waals surface area contributed by atoms with Gasteiger partial charge in [0.05, 0.1) is 39.1 Å². The Balaban J connectivity index is 0.000000308. The fourth-order valence-electron chi connectivity index (χ4n) is 12.6. The Hall–Kier alpha value is -11.6. The van der Waals surface area contributed by atoms with Crippen LogP contribution in [0, 0.1) is 96.9 Å². The van der Waals surface area contributed by atoms with Gasteiger partial charge in [0, 0.05) is 144 Å². The minimum Gasteiger partial charge on any atom is -0.399 e. The number of nitrogens with two attached hydrogens (primary N) is 1. The zero-order valence-electron chi connectivity index (χ0n) is 68.2. The molecule has 0 spiro atoms. The van der Waals surface area contributed by atoms with Gasteiger partial charge in [0.2, 0.25) is 33.6 Å². The minimum atomic E-state index is -0.120. The first-order valence-corrected chi connectivity index (χ1v) is 37.1. The van der Waals surface area contributed by atoms with Gasteiger partial charge in [-0.05, 0) is 272 Å². The number of carbonyl (C=O) groups is 2. The third-order valence-electron chi connectivity index (χ3n) is 18.9. The van der Waals surface area contributed by atoms with Gasteiger partial charge < -0.3 is 30.7 Å². The number of anilines is 11. The molecule has 14 aromatic rings. The summed E-state index contributed by atoms with van der Waals surface area (Å²) in [6.45, 7) is 33.3. The Morgan fingerprint density at radius 1 is 0.475 bits per heavy atom. The van der Waals surface area contributed by atoms with E-state index in [0.717, 1.165) is 123 Å². The molecule has 6 aromatic carbocycles. The Morgan fingerprint density at radius 2 is 0.839 bits per heavy atom. The molecule has 8 heterocycles. The molecule has 8 aromatic heterocycles. The van der Waals surface area contributed by atoms with Crippen molar-refractivity contribution in [1.82, 2.24) is 79.4 Å². The van der Waals surface area contributed by atoms with E-state index in [0.29, 0.717) is 24.7 Å². The van der Waals surface area contributed by atoms with Crippen molar-refractivity contribution in [3.8, 4) is 0 Å². The second kappa shape index (κ2) is 43.6. The van der Waals surface area contributed by atoms with E-state index in [-0.39, 0.29) is 72.3 Å². The maximum absolute atomic E-state index is 11.8. The van der Waals surface area contributed by atoms with Crippen LogP contribution in [0.3, 0.4) is 0 Å². The normalized spacial score (nSPS) is 10.3. The second-order valence-corrected chi connectivity index (χ2v) is 28.2. The molecule has 0 atom stereocenters. The zero-order chi connectivity index (χ0) is 82.6. The molecular weight excluding hydrogens is 1550 g/mol. The summed E-state index contributed by atoms with van der Waals surface area (Å²) in [5.41, 5.74) is 30.9. The monoisotopic (exact) mass is 1650 g/mol. The fraction of sp³-hybridized carbons (Fsp3) is 0.318. The van der Waals surface area contributed by atoms with Crippen molar-refractivity contribution < 1.29 is 24.0 Å². The van der Waals surface area contributed by atoms with E-state index in [1.165, 1.54) is 75.0 Å². The number of benzene rings is 6. The van der Waals surface area contributed by atoms with Gasteiger partial charge in [-0.1, -0.05) is 41.8 Å². The van der Waals surface area contributed by atoms with E-state index in [9.17, 15) is 14.3 Å². The number of H-pyrrole nitrogens is 1. The van der Waals surface area contributed by atoms with Crippen LogP contribution in [0.2, 0.25) is 22.7 Å². The van der Waals surface area contributed by atoms with Crippen LogP contribution in [-0.2, 0) is 21.4 Å². The molecule has 27 nitrogen and oxygen atoms in total. The van der Waals surface area contributed by atoms with Crippen LogP contribution < -0.4 is 30.7 Å². The van der Waals surface area contributed by atoms with E-state index in [1.807, 2.05) is 152 Å². The van der Waals surface area contributed by atoms with Gasteiger partial charge in [0.25, 0.3) is 0 Å². The predicted octanol–water partition coefficient (Wildman–Crippen LogP) is 19.8. The number of aryl methyl sites for hydroxylation is 15. The van der Waals surface area contributed by atoms with Gasteiger partial charge in [0.1, 0.15) is 23.3 Å². The third kappa shape index (κ3) is 23.6. The number of aromatic amines is 1. The van der Waals surface area contributed by atoms with Gasteiger partial charge in [0.15, 0.2) is 0 Å². The Bertz CT molecular complexity index is 5640. The molecule has 0 saturated heterocycles. The summed E-state index contributed by atoms with van der Waals surface area (Å²) in [4.78, 5) is 73.5. The summed E-state index contributed by atoms with van der Waals surface area (Å²) in [7, 11) is 11.7. The maximum Gasteiger partial charge on any atom is 0.229 e. The first-order valence-electron chi connectivity index (χ1n) is 35.9. The van der Waals surface area contributed by atoms with Gasteiger partial charge >= 0.3 is 42.4 Å². The molecule has 14 rings (SSSR count). The fourth-order valence-corrected chi connectivity index (χ4v) is 13.0. The Kier molecular flexibility index (Phi) is 36.5. The summed E-state index contributed by atoms with van der Waals surface area (Å²) in [5, 5.41) is 28.8. The molecule has 4 N–H and O–H groups in total. The quantitative estimate of drug-likeness (QED) is 0.0227.